The smallest absolute Gasteiger partial charge is 0.319 e. The number of carbonyl (C=O) groups excluding carboxylic acids is 2. The number of anilines is 1. The lowest BCUT2D eigenvalue weighted by Gasteiger charge is -2.19. The Morgan fingerprint density at radius 1 is 0.778 bits per heavy atom. The van der Waals surface area contributed by atoms with Gasteiger partial charge in [-0.2, -0.15) is 0 Å². The number of rotatable bonds is 5. The van der Waals surface area contributed by atoms with E-state index < -0.39 is 12.1 Å². The third-order valence-electron chi connectivity index (χ3n) is 4.40. The standard InChI is InChI=1S/C22H23N3O2/c1-15(18-13-12-17-8-6-7-9-19(17)14-18)23-21(26)16(2)24-22(27)25-20-10-4-3-5-11-20/h3-16H,1-2H3,(H,23,26)(H2,24,25,27). The van der Waals surface area contributed by atoms with Crippen molar-refractivity contribution < 1.29 is 9.59 Å². The molecule has 0 aliphatic carbocycles. The molecule has 138 valence electrons. The fourth-order valence-corrected chi connectivity index (χ4v) is 2.85. The van der Waals surface area contributed by atoms with Gasteiger partial charge in [-0.25, -0.2) is 4.79 Å². The highest BCUT2D eigenvalue weighted by molar-refractivity contribution is 5.93. The molecule has 0 fully saturated rings. The van der Waals surface area contributed by atoms with Crippen LogP contribution in [0.2, 0.25) is 0 Å². The molecule has 0 aromatic heterocycles. The van der Waals surface area contributed by atoms with E-state index in [9.17, 15) is 9.59 Å². The van der Waals surface area contributed by atoms with E-state index >= 15 is 0 Å². The molecule has 0 heterocycles. The van der Waals surface area contributed by atoms with E-state index in [0.29, 0.717) is 5.69 Å². The molecule has 0 radical (unpaired) electrons. The van der Waals surface area contributed by atoms with E-state index in [1.807, 2.05) is 55.5 Å². The van der Waals surface area contributed by atoms with E-state index in [-0.39, 0.29) is 11.9 Å². The monoisotopic (exact) mass is 361 g/mol. The Kier molecular flexibility index (Phi) is 5.71. The van der Waals surface area contributed by atoms with Gasteiger partial charge >= 0.3 is 6.03 Å². The van der Waals surface area contributed by atoms with E-state index in [2.05, 4.69) is 28.1 Å². The molecule has 0 saturated heterocycles. The first-order valence-electron chi connectivity index (χ1n) is 8.94. The topological polar surface area (TPSA) is 70.2 Å². The Hall–Kier alpha value is -3.34. The molecule has 3 N–H and O–H groups in total. The van der Waals surface area contributed by atoms with Crippen LogP contribution in [0.3, 0.4) is 0 Å². The van der Waals surface area contributed by atoms with Crippen molar-refractivity contribution in [3.8, 4) is 0 Å². The van der Waals surface area contributed by atoms with Gasteiger partial charge in [0.1, 0.15) is 6.04 Å². The molecular formula is C22H23N3O2. The minimum Gasteiger partial charge on any atom is -0.348 e. The van der Waals surface area contributed by atoms with E-state index in [4.69, 9.17) is 0 Å². The third-order valence-corrected chi connectivity index (χ3v) is 4.40. The predicted molar refractivity (Wildman–Crippen MR) is 109 cm³/mol. The van der Waals surface area contributed by atoms with Crippen LogP contribution in [-0.2, 0) is 4.79 Å². The van der Waals surface area contributed by atoms with Gasteiger partial charge in [0, 0.05) is 5.69 Å². The van der Waals surface area contributed by atoms with Gasteiger partial charge in [-0.3, -0.25) is 4.79 Å². The maximum Gasteiger partial charge on any atom is 0.319 e. The summed E-state index contributed by atoms with van der Waals surface area (Å²) in [5.74, 6) is -0.237. The van der Waals surface area contributed by atoms with Crippen LogP contribution in [0, 0.1) is 0 Å². The van der Waals surface area contributed by atoms with Gasteiger partial charge in [-0.15, -0.1) is 0 Å². The maximum absolute atomic E-state index is 12.4. The summed E-state index contributed by atoms with van der Waals surface area (Å²) >= 11 is 0. The Morgan fingerprint density at radius 3 is 2.19 bits per heavy atom. The fraction of sp³-hybridized carbons (Fsp3) is 0.182. The number of amides is 3. The average molecular weight is 361 g/mol. The van der Waals surface area contributed by atoms with Crippen LogP contribution in [0.5, 0.6) is 0 Å². The van der Waals surface area contributed by atoms with Crippen molar-refractivity contribution in [1.82, 2.24) is 10.6 Å². The SMILES string of the molecule is CC(NC(=O)Nc1ccccc1)C(=O)NC(C)c1ccc2ccccc2c1. The first kappa shape index (κ1) is 18.5. The molecule has 3 rings (SSSR count). The zero-order chi connectivity index (χ0) is 19.2. The van der Waals surface area contributed by atoms with Crippen molar-refractivity contribution in [1.29, 1.82) is 0 Å². The number of para-hydroxylation sites is 1. The van der Waals surface area contributed by atoms with Gasteiger partial charge in [0.05, 0.1) is 6.04 Å². The van der Waals surface area contributed by atoms with Crippen molar-refractivity contribution in [2.45, 2.75) is 25.9 Å². The van der Waals surface area contributed by atoms with Crippen LogP contribution in [0.15, 0.2) is 72.8 Å². The molecule has 27 heavy (non-hydrogen) atoms. The number of hydrogen-bond acceptors (Lipinski definition) is 2. The first-order chi connectivity index (χ1) is 13.0. The van der Waals surface area contributed by atoms with Gasteiger partial charge in [0.15, 0.2) is 0 Å². The molecule has 0 aliphatic heterocycles. The minimum absolute atomic E-state index is 0.163. The number of carbonyl (C=O) groups is 2. The van der Waals surface area contributed by atoms with Gasteiger partial charge < -0.3 is 16.0 Å². The average Bonchev–Trinajstić information content (AvgIpc) is 2.68. The van der Waals surface area contributed by atoms with Crippen LogP contribution in [-0.4, -0.2) is 18.0 Å². The highest BCUT2D eigenvalue weighted by Gasteiger charge is 2.18. The second-order valence-corrected chi connectivity index (χ2v) is 6.52. The summed E-state index contributed by atoms with van der Waals surface area (Å²) in [5.41, 5.74) is 1.69. The molecule has 0 bridgehead atoms. The Balaban J connectivity index is 1.57. The molecule has 5 heteroatoms. The lowest BCUT2D eigenvalue weighted by molar-refractivity contribution is -0.123. The van der Waals surface area contributed by atoms with E-state index in [0.717, 1.165) is 16.3 Å². The first-order valence-corrected chi connectivity index (χ1v) is 8.94. The zero-order valence-corrected chi connectivity index (χ0v) is 15.4. The Bertz CT molecular complexity index is 940. The summed E-state index contributed by atoms with van der Waals surface area (Å²) in [6.07, 6.45) is 0. The van der Waals surface area contributed by atoms with Crippen LogP contribution >= 0.6 is 0 Å². The van der Waals surface area contributed by atoms with Crippen molar-refractivity contribution in [2.75, 3.05) is 5.32 Å². The van der Waals surface area contributed by atoms with Crippen LogP contribution in [0.25, 0.3) is 10.8 Å². The van der Waals surface area contributed by atoms with E-state index in [1.54, 1.807) is 19.1 Å². The van der Waals surface area contributed by atoms with Crippen LogP contribution < -0.4 is 16.0 Å². The number of fused-ring (bicyclic) bond motifs is 1. The molecular weight excluding hydrogens is 338 g/mol. The van der Waals surface area contributed by atoms with E-state index in [1.165, 1.54) is 0 Å². The molecule has 3 aromatic rings. The fourth-order valence-electron chi connectivity index (χ4n) is 2.85. The van der Waals surface area contributed by atoms with Crippen molar-refractivity contribution in [3.05, 3.63) is 78.4 Å². The van der Waals surface area contributed by atoms with Crippen molar-refractivity contribution >= 4 is 28.4 Å². The van der Waals surface area contributed by atoms with Crippen molar-refractivity contribution in [3.63, 3.8) is 0 Å². The third kappa shape index (κ3) is 4.85. The number of hydrogen-bond donors (Lipinski definition) is 3. The van der Waals surface area contributed by atoms with Crippen LogP contribution in [0.1, 0.15) is 25.5 Å². The molecule has 3 aromatic carbocycles. The molecule has 2 unspecified atom stereocenters. The molecule has 5 nitrogen and oxygen atoms in total. The summed E-state index contributed by atoms with van der Waals surface area (Å²) in [5, 5.41) is 10.6. The summed E-state index contributed by atoms with van der Waals surface area (Å²) in [7, 11) is 0. The van der Waals surface area contributed by atoms with Crippen LogP contribution in [0.4, 0.5) is 10.5 Å². The summed E-state index contributed by atoms with van der Waals surface area (Å²) in [6.45, 7) is 3.59. The summed E-state index contributed by atoms with van der Waals surface area (Å²) in [6, 6.07) is 22.1. The quantitative estimate of drug-likeness (QED) is 0.636. The Morgan fingerprint density at radius 2 is 1.44 bits per heavy atom. The molecule has 0 saturated carbocycles. The number of nitrogens with one attached hydrogen (secondary N) is 3. The minimum atomic E-state index is -0.656. The van der Waals surface area contributed by atoms with Gasteiger partial charge in [-0.05, 0) is 48.4 Å². The molecule has 0 spiro atoms. The largest absolute Gasteiger partial charge is 0.348 e. The molecule has 0 aliphatic rings. The molecule has 3 amide bonds. The van der Waals surface area contributed by atoms with Crippen molar-refractivity contribution in [2.24, 2.45) is 0 Å². The summed E-state index contributed by atoms with van der Waals surface area (Å²) < 4.78 is 0. The Labute approximate surface area is 158 Å². The lowest BCUT2D eigenvalue weighted by atomic mass is 10.0. The predicted octanol–water partition coefficient (Wildman–Crippen LogP) is 4.23. The van der Waals surface area contributed by atoms with Gasteiger partial charge in [0.2, 0.25) is 5.91 Å². The highest BCUT2D eigenvalue weighted by atomic mass is 16.2. The number of benzene rings is 3. The zero-order valence-electron chi connectivity index (χ0n) is 15.4. The lowest BCUT2D eigenvalue weighted by Crippen LogP contribution is -2.46. The van der Waals surface area contributed by atoms with Gasteiger partial charge in [0.25, 0.3) is 0 Å². The van der Waals surface area contributed by atoms with Gasteiger partial charge in [-0.1, -0.05) is 54.6 Å². The molecule has 2 atom stereocenters. The maximum atomic E-state index is 12.4. The summed E-state index contributed by atoms with van der Waals surface area (Å²) in [4.78, 5) is 24.5. The highest BCUT2D eigenvalue weighted by Crippen LogP contribution is 2.20. The number of urea groups is 1. The normalized spacial score (nSPS) is 12.8. The second-order valence-electron chi connectivity index (χ2n) is 6.52. The second kappa shape index (κ2) is 8.36.